The lowest BCUT2D eigenvalue weighted by atomic mass is 10.0. The number of hydrogen-bond acceptors (Lipinski definition) is 7. The Labute approximate surface area is 74.2 Å². The van der Waals surface area contributed by atoms with Crippen LogP contribution < -0.4 is 0 Å². The van der Waals surface area contributed by atoms with Crippen LogP contribution in [0.25, 0.3) is 0 Å². The zero-order chi connectivity index (χ0) is 10.4. The van der Waals surface area contributed by atoms with Crippen LogP contribution in [-0.2, 0) is 0 Å². The van der Waals surface area contributed by atoms with Crippen molar-refractivity contribution in [2.75, 3.05) is 6.61 Å². The Balaban J connectivity index is 4.15. The first kappa shape index (κ1) is 12.3. The van der Waals surface area contributed by atoms with Gasteiger partial charge in [-0.15, -0.1) is 0 Å². The van der Waals surface area contributed by atoms with Crippen LogP contribution in [0, 0.1) is 0 Å². The minimum absolute atomic E-state index is 0.581. The van der Waals surface area contributed by atoms with Crippen LogP contribution in [0.2, 0.25) is 0 Å². The Morgan fingerprint density at radius 1 is 1.08 bits per heavy atom. The van der Waals surface area contributed by atoms with Gasteiger partial charge in [0.2, 0.25) is 0 Å². The SMILES string of the molecule is OC[C@@H](O)[C@@H](O)[C@H](O)[C@@H](O)/C=N\O. The second-order valence-electron chi connectivity index (χ2n) is 2.49. The fourth-order valence-corrected chi connectivity index (χ4v) is 0.694. The lowest BCUT2D eigenvalue weighted by molar-refractivity contribution is -0.100. The van der Waals surface area contributed by atoms with Crippen LogP contribution in [0.3, 0.4) is 0 Å². The molecule has 0 bridgehead atoms. The fourth-order valence-electron chi connectivity index (χ4n) is 0.694. The highest BCUT2D eigenvalue weighted by molar-refractivity contribution is 5.62. The van der Waals surface area contributed by atoms with E-state index in [2.05, 4.69) is 5.16 Å². The highest BCUT2D eigenvalue weighted by Gasteiger charge is 2.29. The number of rotatable bonds is 5. The molecule has 13 heavy (non-hydrogen) atoms. The summed E-state index contributed by atoms with van der Waals surface area (Å²) in [5.41, 5.74) is 0. The van der Waals surface area contributed by atoms with Gasteiger partial charge < -0.3 is 30.7 Å². The molecule has 0 saturated carbocycles. The molecule has 0 aliphatic carbocycles. The summed E-state index contributed by atoms with van der Waals surface area (Å²) >= 11 is 0. The van der Waals surface area contributed by atoms with Crippen molar-refractivity contribution in [3.63, 3.8) is 0 Å². The van der Waals surface area contributed by atoms with Crippen LogP contribution in [-0.4, -0.2) is 68.0 Å². The van der Waals surface area contributed by atoms with E-state index in [0.717, 1.165) is 0 Å². The molecule has 0 radical (unpaired) electrons. The van der Waals surface area contributed by atoms with Crippen molar-refractivity contribution >= 4 is 6.21 Å². The van der Waals surface area contributed by atoms with E-state index in [-0.39, 0.29) is 0 Å². The van der Waals surface area contributed by atoms with Gasteiger partial charge in [0.05, 0.1) is 12.8 Å². The minimum atomic E-state index is -1.72. The van der Waals surface area contributed by atoms with E-state index in [1.165, 1.54) is 0 Å². The van der Waals surface area contributed by atoms with Gasteiger partial charge in [-0.05, 0) is 0 Å². The van der Waals surface area contributed by atoms with Crippen molar-refractivity contribution in [1.29, 1.82) is 0 Å². The lowest BCUT2D eigenvalue weighted by Gasteiger charge is -2.23. The molecule has 0 fully saturated rings. The Morgan fingerprint density at radius 2 is 1.62 bits per heavy atom. The quantitative estimate of drug-likeness (QED) is 0.156. The molecule has 0 aromatic rings. The Kier molecular flexibility index (Phi) is 5.51. The van der Waals surface area contributed by atoms with Crippen LogP contribution in [0.15, 0.2) is 5.16 Å². The monoisotopic (exact) mass is 195 g/mol. The van der Waals surface area contributed by atoms with Crippen molar-refractivity contribution in [3.05, 3.63) is 0 Å². The van der Waals surface area contributed by atoms with Gasteiger partial charge in [-0.1, -0.05) is 5.16 Å². The first-order chi connectivity index (χ1) is 6.04. The Hall–Kier alpha value is -0.730. The molecule has 0 aromatic carbocycles. The van der Waals surface area contributed by atoms with Gasteiger partial charge >= 0.3 is 0 Å². The first-order valence-electron chi connectivity index (χ1n) is 3.55. The van der Waals surface area contributed by atoms with E-state index in [9.17, 15) is 0 Å². The number of aliphatic hydroxyl groups is 5. The molecule has 0 aliphatic heterocycles. The number of aliphatic hydroxyl groups excluding tert-OH is 5. The average Bonchev–Trinajstić information content (AvgIpc) is 2.14. The first-order valence-corrected chi connectivity index (χ1v) is 3.55. The summed E-state index contributed by atoms with van der Waals surface area (Å²) in [4.78, 5) is 0. The fraction of sp³-hybridized carbons (Fsp3) is 0.833. The van der Waals surface area contributed by atoms with Crippen LogP contribution >= 0.6 is 0 Å². The predicted octanol–water partition coefficient (Wildman–Crippen LogP) is -3.12. The lowest BCUT2D eigenvalue weighted by Crippen LogP contribution is -2.46. The van der Waals surface area contributed by atoms with Gasteiger partial charge in [-0.25, -0.2) is 0 Å². The second-order valence-corrected chi connectivity index (χ2v) is 2.49. The molecule has 0 aromatic heterocycles. The number of nitrogens with zero attached hydrogens (tertiary/aromatic N) is 1. The maximum absolute atomic E-state index is 9.05. The average molecular weight is 195 g/mol. The molecule has 7 heteroatoms. The van der Waals surface area contributed by atoms with E-state index in [1.54, 1.807) is 0 Å². The Morgan fingerprint density at radius 3 is 2.00 bits per heavy atom. The highest BCUT2D eigenvalue weighted by atomic mass is 16.4. The van der Waals surface area contributed by atoms with Gasteiger partial charge in [0, 0.05) is 0 Å². The third kappa shape index (κ3) is 3.66. The van der Waals surface area contributed by atoms with Crippen LogP contribution in [0.5, 0.6) is 0 Å². The standard InChI is InChI=1S/C6H13NO6/c8-2-4(10)6(12)5(11)3(9)1-7-13/h1,3-6,8-13H,2H2/b7-1-/t3-,4+,5+,6+/m0/s1. The molecule has 7 nitrogen and oxygen atoms in total. The molecule has 6 N–H and O–H groups in total. The summed E-state index contributed by atoms with van der Waals surface area (Å²) < 4.78 is 0. The third-order valence-corrected chi connectivity index (χ3v) is 1.50. The van der Waals surface area contributed by atoms with Gasteiger partial charge in [0.25, 0.3) is 0 Å². The zero-order valence-electron chi connectivity index (χ0n) is 6.72. The van der Waals surface area contributed by atoms with Crippen molar-refractivity contribution in [2.24, 2.45) is 5.16 Å². The minimum Gasteiger partial charge on any atom is -0.411 e. The molecule has 0 rings (SSSR count). The van der Waals surface area contributed by atoms with E-state index >= 15 is 0 Å². The van der Waals surface area contributed by atoms with Crippen LogP contribution in [0.4, 0.5) is 0 Å². The molecular formula is C6H13NO6. The van der Waals surface area contributed by atoms with Crippen molar-refractivity contribution in [2.45, 2.75) is 24.4 Å². The summed E-state index contributed by atoms with van der Waals surface area (Å²) in [6, 6.07) is 0. The van der Waals surface area contributed by atoms with E-state index in [1.807, 2.05) is 0 Å². The van der Waals surface area contributed by atoms with Gasteiger partial charge in [-0.2, -0.15) is 0 Å². The maximum atomic E-state index is 9.05. The molecule has 0 unspecified atom stereocenters. The summed E-state index contributed by atoms with van der Waals surface area (Å²) in [5, 5.41) is 54.6. The molecule has 0 saturated heterocycles. The van der Waals surface area contributed by atoms with Crippen molar-refractivity contribution in [3.8, 4) is 0 Å². The number of hydrogen-bond donors (Lipinski definition) is 6. The largest absolute Gasteiger partial charge is 0.411 e. The highest BCUT2D eigenvalue weighted by Crippen LogP contribution is 2.03. The number of oxime groups is 1. The molecule has 0 aliphatic rings. The van der Waals surface area contributed by atoms with Gasteiger partial charge in [0.1, 0.15) is 24.4 Å². The summed E-state index contributed by atoms with van der Waals surface area (Å²) in [6.45, 7) is -0.749. The Bertz CT molecular complexity index is 163. The molecule has 0 amide bonds. The summed E-state index contributed by atoms with van der Waals surface area (Å²) in [7, 11) is 0. The maximum Gasteiger partial charge on any atom is 0.121 e. The van der Waals surface area contributed by atoms with Gasteiger partial charge in [-0.3, -0.25) is 0 Å². The van der Waals surface area contributed by atoms with Crippen molar-refractivity contribution < 1.29 is 30.7 Å². The topological polar surface area (TPSA) is 134 Å². The van der Waals surface area contributed by atoms with E-state index < -0.39 is 31.0 Å². The predicted molar refractivity (Wildman–Crippen MR) is 41.4 cm³/mol. The molecular weight excluding hydrogens is 182 g/mol. The second kappa shape index (κ2) is 5.84. The zero-order valence-corrected chi connectivity index (χ0v) is 6.72. The van der Waals surface area contributed by atoms with Crippen LogP contribution in [0.1, 0.15) is 0 Å². The van der Waals surface area contributed by atoms with Crippen molar-refractivity contribution in [1.82, 2.24) is 0 Å². The molecule has 0 spiro atoms. The van der Waals surface area contributed by atoms with Gasteiger partial charge in [0.15, 0.2) is 0 Å². The third-order valence-electron chi connectivity index (χ3n) is 1.50. The summed E-state index contributed by atoms with van der Waals surface area (Å²) in [6.07, 6.45) is -6.02. The van der Waals surface area contributed by atoms with E-state index in [4.69, 9.17) is 30.7 Å². The summed E-state index contributed by atoms with van der Waals surface area (Å²) in [5.74, 6) is 0. The molecule has 4 atom stereocenters. The smallest absolute Gasteiger partial charge is 0.121 e. The molecule has 0 heterocycles. The normalized spacial score (nSPS) is 21.3. The van der Waals surface area contributed by atoms with E-state index in [0.29, 0.717) is 6.21 Å². The molecule has 78 valence electrons.